The number of thiophene rings is 1. The van der Waals surface area contributed by atoms with Gasteiger partial charge in [0.1, 0.15) is 11.6 Å². The lowest BCUT2D eigenvalue weighted by atomic mass is 10.2. The first-order valence-electron chi connectivity index (χ1n) is 8.71. The summed E-state index contributed by atoms with van der Waals surface area (Å²) >= 11 is 3.35. The predicted octanol–water partition coefficient (Wildman–Crippen LogP) is 3.22. The summed E-state index contributed by atoms with van der Waals surface area (Å²) in [6.07, 6.45) is 0. The van der Waals surface area contributed by atoms with Crippen molar-refractivity contribution in [3.05, 3.63) is 51.7 Å². The van der Waals surface area contributed by atoms with Crippen molar-refractivity contribution < 1.29 is 9.53 Å². The number of aromatic nitrogens is 1. The van der Waals surface area contributed by atoms with E-state index >= 15 is 0 Å². The molecule has 1 fully saturated rings. The molecule has 0 saturated carbocycles. The molecule has 1 aromatic carbocycles. The largest absolute Gasteiger partial charge is 0.364 e. The molecule has 0 radical (unpaired) electrons. The minimum atomic E-state index is 0.0706. The molecular weight excluding hydrogens is 366 g/mol. The van der Waals surface area contributed by atoms with Crippen LogP contribution in [0.3, 0.4) is 0 Å². The third-order valence-corrected chi connectivity index (χ3v) is 6.24. The average Bonchev–Trinajstić information content (AvgIpc) is 3.31. The summed E-state index contributed by atoms with van der Waals surface area (Å²) in [5.74, 6) is 0.0706. The van der Waals surface area contributed by atoms with Crippen LogP contribution >= 0.6 is 22.7 Å². The number of hydrogen-bond donors (Lipinski definition) is 0. The molecular formula is C19H21N3O2S2. The first-order chi connectivity index (χ1) is 12.8. The van der Waals surface area contributed by atoms with E-state index < -0.39 is 0 Å². The molecule has 5 nitrogen and oxygen atoms in total. The van der Waals surface area contributed by atoms with Gasteiger partial charge in [0.25, 0.3) is 0 Å². The molecule has 0 aliphatic carbocycles. The summed E-state index contributed by atoms with van der Waals surface area (Å²) in [4.78, 5) is 21.2. The van der Waals surface area contributed by atoms with Crippen molar-refractivity contribution >= 4 is 38.8 Å². The second-order valence-electron chi connectivity index (χ2n) is 6.36. The van der Waals surface area contributed by atoms with Gasteiger partial charge in [-0.3, -0.25) is 9.69 Å². The van der Waals surface area contributed by atoms with Crippen LogP contribution in [0.1, 0.15) is 10.6 Å². The zero-order valence-corrected chi connectivity index (χ0v) is 16.1. The number of thiazole rings is 1. The first kappa shape index (κ1) is 17.6. The average molecular weight is 388 g/mol. The van der Waals surface area contributed by atoms with Gasteiger partial charge in [0.2, 0.25) is 5.91 Å². The molecule has 1 aliphatic rings. The number of piperazine rings is 1. The Bertz CT molecular complexity index is 822. The number of nitrogens with zero attached hydrogens (tertiary/aromatic N) is 3. The van der Waals surface area contributed by atoms with E-state index in [1.54, 1.807) is 22.7 Å². The van der Waals surface area contributed by atoms with Crippen LogP contribution in [-0.4, -0.2) is 53.5 Å². The molecule has 136 valence electrons. The van der Waals surface area contributed by atoms with E-state index in [9.17, 15) is 4.79 Å². The maximum Gasteiger partial charge on any atom is 0.248 e. The summed E-state index contributed by atoms with van der Waals surface area (Å²) in [5, 5.41) is 5.21. The number of para-hydroxylation sites is 1. The Morgan fingerprint density at radius 2 is 2.00 bits per heavy atom. The van der Waals surface area contributed by atoms with E-state index in [2.05, 4.69) is 32.8 Å². The van der Waals surface area contributed by atoms with Gasteiger partial charge >= 0.3 is 0 Å². The Morgan fingerprint density at radius 1 is 1.15 bits per heavy atom. The van der Waals surface area contributed by atoms with Gasteiger partial charge in [0.05, 0.1) is 16.8 Å². The molecule has 0 atom stereocenters. The molecule has 0 N–H and O–H groups in total. The van der Waals surface area contributed by atoms with Crippen LogP contribution in [0.4, 0.5) is 0 Å². The van der Waals surface area contributed by atoms with E-state index in [0.717, 1.165) is 47.9 Å². The Kier molecular flexibility index (Phi) is 5.59. The molecule has 7 heteroatoms. The summed E-state index contributed by atoms with van der Waals surface area (Å²) in [7, 11) is 0. The summed E-state index contributed by atoms with van der Waals surface area (Å²) in [5.41, 5.74) is 2.35. The van der Waals surface area contributed by atoms with Gasteiger partial charge < -0.3 is 9.64 Å². The molecule has 3 aromatic rings. The van der Waals surface area contributed by atoms with Crippen LogP contribution in [0.15, 0.2) is 41.1 Å². The minimum absolute atomic E-state index is 0.0706. The van der Waals surface area contributed by atoms with Crippen LogP contribution in [0.25, 0.3) is 10.2 Å². The van der Waals surface area contributed by atoms with E-state index in [0.29, 0.717) is 6.61 Å². The van der Waals surface area contributed by atoms with Crippen LogP contribution in [0.2, 0.25) is 0 Å². The zero-order valence-electron chi connectivity index (χ0n) is 14.5. The Balaban J connectivity index is 1.20. The lowest BCUT2D eigenvalue weighted by molar-refractivity contribution is -0.138. The topological polar surface area (TPSA) is 45.7 Å². The van der Waals surface area contributed by atoms with Crippen LogP contribution < -0.4 is 0 Å². The second-order valence-corrected chi connectivity index (χ2v) is 8.25. The summed E-state index contributed by atoms with van der Waals surface area (Å²) in [6, 6.07) is 10.2. The molecule has 2 aromatic heterocycles. The lowest BCUT2D eigenvalue weighted by Crippen LogP contribution is -2.49. The number of benzene rings is 1. The van der Waals surface area contributed by atoms with Crippen molar-refractivity contribution in [1.82, 2.24) is 14.8 Å². The maximum absolute atomic E-state index is 12.4. The number of fused-ring (bicyclic) bond motifs is 1. The highest BCUT2D eigenvalue weighted by atomic mass is 32.1. The van der Waals surface area contributed by atoms with Crippen molar-refractivity contribution in [1.29, 1.82) is 0 Å². The molecule has 1 saturated heterocycles. The Morgan fingerprint density at radius 3 is 2.77 bits per heavy atom. The summed E-state index contributed by atoms with van der Waals surface area (Å²) < 4.78 is 6.77. The van der Waals surface area contributed by atoms with Crippen molar-refractivity contribution in [3.63, 3.8) is 0 Å². The quantitative estimate of drug-likeness (QED) is 0.652. The number of amides is 1. The molecule has 1 aliphatic heterocycles. The third kappa shape index (κ3) is 4.29. The SMILES string of the molecule is O=C(COCc1nc2ccccc2s1)N1CCN(Cc2ccsc2)CC1. The van der Waals surface area contributed by atoms with E-state index in [-0.39, 0.29) is 12.5 Å². The Hall–Kier alpha value is -1.80. The molecule has 1 amide bonds. The van der Waals surface area contributed by atoms with Crippen LogP contribution in [0, 0.1) is 0 Å². The molecule has 0 bridgehead atoms. The number of carbonyl (C=O) groups is 1. The van der Waals surface area contributed by atoms with Crippen molar-refractivity contribution in [3.8, 4) is 0 Å². The van der Waals surface area contributed by atoms with Gasteiger partial charge in [0, 0.05) is 32.7 Å². The summed E-state index contributed by atoms with van der Waals surface area (Å²) in [6.45, 7) is 4.86. The monoisotopic (exact) mass is 387 g/mol. The second kappa shape index (κ2) is 8.26. The van der Waals surface area contributed by atoms with Gasteiger partial charge in [-0.25, -0.2) is 4.98 Å². The fourth-order valence-corrected chi connectivity index (χ4v) is 4.66. The van der Waals surface area contributed by atoms with Crippen molar-refractivity contribution in [2.75, 3.05) is 32.8 Å². The molecule has 3 heterocycles. The third-order valence-electron chi connectivity index (χ3n) is 4.50. The first-order valence-corrected chi connectivity index (χ1v) is 10.5. The highest BCUT2D eigenvalue weighted by molar-refractivity contribution is 7.18. The van der Waals surface area contributed by atoms with Crippen molar-refractivity contribution in [2.45, 2.75) is 13.2 Å². The number of rotatable bonds is 6. The van der Waals surface area contributed by atoms with Gasteiger partial charge in [-0.2, -0.15) is 11.3 Å². The fourth-order valence-electron chi connectivity index (χ4n) is 3.09. The highest BCUT2D eigenvalue weighted by Gasteiger charge is 2.21. The van der Waals surface area contributed by atoms with Crippen LogP contribution in [0.5, 0.6) is 0 Å². The van der Waals surface area contributed by atoms with E-state index in [1.165, 1.54) is 5.56 Å². The van der Waals surface area contributed by atoms with Gasteiger partial charge in [-0.15, -0.1) is 11.3 Å². The number of hydrogen-bond acceptors (Lipinski definition) is 6. The fraction of sp³-hybridized carbons (Fsp3) is 0.368. The number of ether oxygens (including phenoxy) is 1. The van der Waals surface area contributed by atoms with Gasteiger partial charge in [-0.05, 0) is 34.5 Å². The predicted molar refractivity (Wildman–Crippen MR) is 105 cm³/mol. The maximum atomic E-state index is 12.4. The number of carbonyl (C=O) groups excluding carboxylic acids is 1. The molecule has 26 heavy (non-hydrogen) atoms. The van der Waals surface area contributed by atoms with Gasteiger partial charge in [-0.1, -0.05) is 12.1 Å². The lowest BCUT2D eigenvalue weighted by Gasteiger charge is -2.34. The minimum Gasteiger partial charge on any atom is -0.364 e. The van der Waals surface area contributed by atoms with Gasteiger partial charge in [0.15, 0.2) is 0 Å². The normalized spacial score (nSPS) is 15.6. The van der Waals surface area contributed by atoms with E-state index in [4.69, 9.17) is 4.74 Å². The molecule has 4 rings (SSSR count). The Labute approximate surface area is 160 Å². The highest BCUT2D eigenvalue weighted by Crippen LogP contribution is 2.22. The van der Waals surface area contributed by atoms with Crippen LogP contribution in [-0.2, 0) is 22.7 Å². The van der Waals surface area contributed by atoms with E-state index in [1.807, 2.05) is 23.1 Å². The molecule has 0 spiro atoms. The smallest absolute Gasteiger partial charge is 0.248 e. The zero-order chi connectivity index (χ0) is 17.8. The van der Waals surface area contributed by atoms with Crippen molar-refractivity contribution in [2.24, 2.45) is 0 Å². The standard InChI is InChI=1S/C19H21N3O2S2/c23-19(13-24-12-18-20-16-3-1-2-4-17(16)26-18)22-8-6-21(7-9-22)11-15-5-10-25-14-15/h1-5,10,14H,6-9,11-13H2. The molecule has 0 unspecified atom stereocenters.